The predicted octanol–water partition coefficient (Wildman–Crippen LogP) is 3.97. The highest BCUT2D eigenvalue weighted by Crippen LogP contribution is 2.35. The number of unbranched alkanes of at least 4 members (excludes halogenated alkanes) is 3. The summed E-state index contributed by atoms with van der Waals surface area (Å²) in [5.41, 5.74) is 1.38. The number of ether oxygens (including phenoxy) is 1. The van der Waals surface area contributed by atoms with E-state index in [9.17, 15) is 9.59 Å². The summed E-state index contributed by atoms with van der Waals surface area (Å²) < 4.78 is 5.67. The molecule has 120 valence electrons. The third-order valence-electron chi connectivity index (χ3n) is 4.05. The molecule has 0 N–H and O–H groups in total. The number of carbonyl (C=O) groups is 2. The van der Waals surface area contributed by atoms with Crippen LogP contribution in [0.4, 0.5) is 5.69 Å². The maximum Gasteiger partial charge on any atom is 0.267 e. The number of benzene rings is 1. The van der Waals surface area contributed by atoms with E-state index in [1.165, 1.54) is 12.8 Å². The van der Waals surface area contributed by atoms with Crippen LogP contribution in [0.2, 0.25) is 0 Å². The number of fused-ring (bicyclic) bond motifs is 1. The Hall–Kier alpha value is -1.84. The van der Waals surface area contributed by atoms with Crippen LogP contribution in [0.3, 0.4) is 0 Å². The van der Waals surface area contributed by atoms with Crippen molar-refractivity contribution >= 4 is 17.4 Å². The molecule has 1 aromatic rings. The van der Waals surface area contributed by atoms with Crippen LogP contribution in [0, 0.1) is 0 Å². The lowest BCUT2D eigenvalue weighted by Crippen LogP contribution is -2.45. The van der Waals surface area contributed by atoms with Gasteiger partial charge in [-0.25, -0.2) is 0 Å². The molecule has 1 aliphatic heterocycles. The van der Waals surface area contributed by atoms with Gasteiger partial charge in [0.2, 0.25) is 0 Å². The van der Waals surface area contributed by atoms with Gasteiger partial charge in [-0.05, 0) is 31.5 Å². The van der Waals surface area contributed by atoms with Gasteiger partial charge in [0.05, 0.1) is 5.69 Å². The van der Waals surface area contributed by atoms with E-state index < -0.39 is 6.10 Å². The number of rotatable bonds is 7. The van der Waals surface area contributed by atoms with Crippen molar-refractivity contribution in [3.05, 3.63) is 23.8 Å². The summed E-state index contributed by atoms with van der Waals surface area (Å²) in [6, 6.07) is 5.38. The summed E-state index contributed by atoms with van der Waals surface area (Å²) in [7, 11) is 0. The zero-order chi connectivity index (χ0) is 16.1. The predicted molar refractivity (Wildman–Crippen MR) is 87.6 cm³/mol. The standard InChI is InChI=1S/C18H25NO3/c1-4-6-7-8-11-19-15-12-14(16(20)5-2)9-10-17(15)22-13(3)18(19)21/h9-10,12-13H,4-8,11H2,1-3H3. The van der Waals surface area contributed by atoms with Gasteiger partial charge in [0.15, 0.2) is 11.9 Å². The van der Waals surface area contributed by atoms with Crippen molar-refractivity contribution in [2.45, 2.75) is 59.0 Å². The Labute approximate surface area is 132 Å². The number of ketones is 1. The number of amides is 1. The van der Waals surface area contributed by atoms with Crippen LogP contribution in [0.25, 0.3) is 0 Å². The fourth-order valence-electron chi connectivity index (χ4n) is 2.71. The lowest BCUT2D eigenvalue weighted by Gasteiger charge is -2.33. The van der Waals surface area contributed by atoms with Crippen molar-refractivity contribution in [1.29, 1.82) is 0 Å². The topological polar surface area (TPSA) is 46.6 Å². The summed E-state index contributed by atoms with van der Waals surface area (Å²) in [5.74, 6) is 0.750. The Morgan fingerprint density at radius 2 is 2.00 bits per heavy atom. The van der Waals surface area contributed by atoms with Gasteiger partial charge < -0.3 is 9.64 Å². The molecule has 4 heteroatoms. The van der Waals surface area contributed by atoms with Crippen molar-refractivity contribution < 1.29 is 14.3 Å². The molecule has 22 heavy (non-hydrogen) atoms. The lowest BCUT2D eigenvalue weighted by atomic mass is 10.0. The number of hydrogen-bond donors (Lipinski definition) is 0. The first-order valence-corrected chi connectivity index (χ1v) is 8.23. The van der Waals surface area contributed by atoms with Gasteiger partial charge in [-0.3, -0.25) is 9.59 Å². The molecule has 0 fully saturated rings. The molecule has 0 saturated heterocycles. The third-order valence-corrected chi connectivity index (χ3v) is 4.05. The van der Waals surface area contributed by atoms with Crippen LogP contribution in [0.15, 0.2) is 18.2 Å². The Morgan fingerprint density at radius 3 is 2.68 bits per heavy atom. The summed E-state index contributed by atoms with van der Waals surface area (Å²) in [4.78, 5) is 26.1. The van der Waals surface area contributed by atoms with Crippen LogP contribution >= 0.6 is 0 Å². The van der Waals surface area contributed by atoms with E-state index in [-0.39, 0.29) is 11.7 Å². The molecule has 0 bridgehead atoms. The number of anilines is 1. The molecule has 1 aromatic carbocycles. The van der Waals surface area contributed by atoms with Crippen molar-refractivity contribution in [1.82, 2.24) is 0 Å². The van der Waals surface area contributed by atoms with Gasteiger partial charge in [0.25, 0.3) is 5.91 Å². The maximum absolute atomic E-state index is 12.4. The average Bonchev–Trinajstić information content (AvgIpc) is 2.53. The molecule has 0 spiro atoms. The van der Waals surface area contributed by atoms with Crippen LogP contribution in [0.1, 0.15) is 63.2 Å². The monoisotopic (exact) mass is 303 g/mol. The molecule has 4 nitrogen and oxygen atoms in total. The van der Waals surface area contributed by atoms with E-state index in [1.54, 1.807) is 30.0 Å². The first-order valence-electron chi connectivity index (χ1n) is 8.23. The molecule has 1 unspecified atom stereocenters. The summed E-state index contributed by atoms with van der Waals surface area (Å²) in [6.07, 6.45) is 4.41. The zero-order valence-electron chi connectivity index (χ0n) is 13.7. The highest BCUT2D eigenvalue weighted by Gasteiger charge is 2.31. The molecule has 0 aromatic heterocycles. The van der Waals surface area contributed by atoms with Gasteiger partial charge in [-0.15, -0.1) is 0 Å². The van der Waals surface area contributed by atoms with Crippen molar-refractivity contribution in [2.24, 2.45) is 0 Å². The molecule has 0 radical (unpaired) electrons. The smallest absolute Gasteiger partial charge is 0.267 e. The molecular formula is C18H25NO3. The van der Waals surface area contributed by atoms with E-state index in [0.29, 0.717) is 24.3 Å². The van der Waals surface area contributed by atoms with Crippen LogP contribution in [-0.2, 0) is 4.79 Å². The molecule has 0 saturated carbocycles. The average molecular weight is 303 g/mol. The molecule has 0 aliphatic carbocycles. The first kappa shape index (κ1) is 16.5. The first-order chi connectivity index (χ1) is 10.6. The van der Waals surface area contributed by atoms with Gasteiger partial charge in [-0.1, -0.05) is 33.1 Å². The second kappa shape index (κ2) is 7.43. The maximum atomic E-state index is 12.4. The number of hydrogen-bond acceptors (Lipinski definition) is 3. The van der Waals surface area contributed by atoms with E-state index >= 15 is 0 Å². The second-order valence-corrected chi connectivity index (χ2v) is 5.77. The van der Waals surface area contributed by atoms with Gasteiger partial charge in [-0.2, -0.15) is 0 Å². The molecule has 2 rings (SSSR count). The van der Waals surface area contributed by atoms with Crippen molar-refractivity contribution in [3.63, 3.8) is 0 Å². The van der Waals surface area contributed by atoms with Gasteiger partial charge in [0.1, 0.15) is 5.75 Å². The summed E-state index contributed by atoms with van der Waals surface area (Å²) in [5, 5.41) is 0. The molecule has 1 amide bonds. The van der Waals surface area contributed by atoms with Crippen LogP contribution in [0.5, 0.6) is 5.75 Å². The SMILES string of the molecule is CCCCCCN1C(=O)C(C)Oc2ccc(C(=O)CC)cc21. The molecular weight excluding hydrogens is 278 g/mol. The third kappa shape index (κ3) is 3.49. The lowest BCUT2D eigenvalue weighted by molar-refractivity contribution is -0.125. The Morgan fingerprint density at radius 1 is 1.23 bits per heavy atom. The summed E-state index contributed by atoms with van der Waals surface area (Å²) >= 11 is 0. The minimum Gasteiger partial charge on any atom is -0.479 e. The van der Waals surface area contributed by atoms with Crippen molar-refractivity contribution in [3.8, 4) is 5.75 Å². The fourth-order valence-corrected chi connectivity index (χ4v) is 2.71. The minimum absolute atomic E-state index is 0.0231. The quantitative estimate of drug-likeness (QED) is 0.565. The molecule has 1 heterocycles. The van der Waals surface area contributed by atoms with Crippen LogP contribution in [-0.4, -0.2) is 24.3 Å². The zero-order valence-corrected chi connectivity index (χ0v) is 13.7. The normalized spacial score (nSPS) is 17.1. The number of nitrogens with zero attached hydrogens (tertiary/aromatic N) is 1. The van der Waals surface area contributed by atoms with Crippen molar-refractivity contribution in [2.75, 3.05) is 11.4 Å². The Kier molecular flexibility index (Phi) is 5.58. The summed E-state index contributed by atoms with van der Waals surface area (Å²) in [6.45, 7) is 6.46. The minimum atomic E-state index is -0.466. The van der Waals surface area contributed by atoms with E-state index in [2.05, 4.69) is 6.92 Å². The highest BCUT2D eigenvalue weighted by molar-refractivity contribution is 6.02. The van der Waals surface area contributed by atoms with E-state index in [0.717, 1.165) is 18.5 Å². The Bertz CT molecular complexity index is 553. The molecule has 1 aliphatic rings. The highest BCUT2D eigenvalue weighted by atomic mass is 16.5. The molecule has 1 atom stereocenters. The Balaban J connectivity index is 2.25. The number of Topliss-reactive ketones (excluding diaryl/α,β-unsaturated/α-hetero) is 1. The van der Waals surface area contributed by atoms with Gasteiger partial charge >= 0.3 is 0 Å². The van der Waals surface area contributed by atoms with E-state index in [4.69, 9.17) is 4.74 Å². The van der Waals surface area contributed by atoms with E-state index in [1.807, 2.05) is 6.92 Å². The second-order valence-electron chi connectivity index (χ2n) is 5.77. The largest absolute Gasteiger partial charge is 0.479 e. The fraction of sp³-hybridized carbons (Fsp3) is 0.556. The number of carbonyl (C=O) groups excluding carboxylic acids is 2. The van der Waals surface area contributed by atoms with Crippen LogP contribution < -0.4 is 9.64 Å². The van der Waals surface area contributed by atoms with Gasteiger partial charge in [0, 0.05) is 18.5 Å².